The minimum Gasteiger partial charge on any atom is -0.304 e. The van der Waals surface area contributed by atoms with Crippen LogP contribution in [0, 0.1) is 0 Å². The van der Waals surface area contributed by atoms with E-state index in [0.717, 1.165) is 21.9 Å². The van der Waals surface area contributed by atoms with Crippen LogP contribution in [-0.4, -0.2) is 20.7 Å². The Balaban J connectivity index is 1.60. The number of urea groups is 1. The summed E-state index contributed by atoms with van der Waals surface area (Å²) in [6, 6.07) is 16.7. The number of anilines is 1. The van der Waals surface area contributed by atoms with Gasteiger partial charge in [0.25, 0.3) is 0 Å². The quantitative estimate of drug-likeness (QED) is 0.596. The summed E-state index contributed by atoms with van der Waals surface area (Å²) in [5.41, 5.74) is 5.81. The van der Waals surface area contributed by atoms with E-state index < -0.39 is 0 Å². The van der Waals surface area contributed by atoms with Crippen molar-refractivity contribution in [2.75, 3.05) is 10.7 Å². The number of para-hydroxylation sites is 3. The molecule has 0 saturated heterocycles. The first kappa shape index (κ1) is 13.3. The van der Waals surface area contributed by atoms with Gasteiger partial charge in [0.2, 0.25) is 0 Å². The Kier molecular flexibility index (Phi) is 3.12. The van der Waals surface area contributed by atoms with Crippen LogP contribution in [-0.2, 0) is 0 Å². The third-order valence-electron chi connectivity index (χ3n) is 3.56. The Labute approximate surface area is 131 Å². The van der Waals surface area contributed by atoms with Gasteiger partial charge in [-0.05, 0) is 24.3 Å². The predicted molar refractivity (Wildman–Crippen MR) is 89.9 cm³/mol. The van der Waals surface area contributed by atoms with Crippen molar-refractivity contribution < 1.29 is 4.79 Å². The molecule has 4 rings (SSSR count). The molecule has 0 aliphatic carbocycles. The molecule has 2 aromatic carbocycles. The van der Waals surface area contributed by atoms with Gasteiger partial charge in [-0.2, -0.15) is 0 Å². The van der Waals surface area contributed by atoms with Crippen LogP contribution in [0.2, 0.25) is 0 Å². The first-order valence-corrected chi connectivity index (χ1v) is 7.15. The van der Waals surface area contributed by atoms with E-state index in [1.165, 1.54) is 0 Å². The fraction of sp³-hybridized carbons (Fsp3) is 0. The van der Waals surface area contributed by atoms with E-state index in [0.29, 0.717) is 5.69 Å². The number of fused-ring (bicyclic) bond motifs is 2. The highest BCUT2D eigenvalue weighted by Gasteiger charge is 2.08. The molecular formula is C17H13N5O. The average molecular weight is 303 g/mol. The second kappa shape index (κ2) is 5.42. The molecule has 6 nitrogen and oxygen atoms in total. The van der Waals surface area contributed by atoms with Crippen molar-refractivity contribution in [3.8, 4) is 0 Å². The summed E-state index contributed by atoms with van der Waals surface area (Å²) in [4.78, 5) is 20.8. The van der Waals surface area contributed by atoms with Gasteiger partial charge in [0.1, 0.15) is 6.33 Å². The number of benzene rings is 2. The maximum Gasteiger partial charge on any atom is 0.338 e. The predicted octanol–water partition coefficient (Wildman–Crippen LogP) is 3.36. The molecule has 23 heavy (non-hydrogen) atoms. The van der Waals surface area contributed by atoms with E-state index in [9.17, 15) is 4.79 Å². The lowest BCUT2D eigenvalue weighted by Crippen LogP contribution is -2.27. The van der Waals surface area contributed by atoms with E-state index in [-0.39, 0.29) is 6.03 Å². The van der Waals surface area contributed by atoms with Crippen molar-refractivity contribution >= 4 is 33.7 Å². The van der Waals surface area contributed by atoms with E-state index in [1.54, 1.807) is 17.2 Å². The van der Waals surface area contributed by atoms with Gasteiger partial charge in [-0.25, -0.2) is 19.9 Å². The number of hydrogen-bond acceptors (Lipinski definition) is 3. The second-order valence-electron chi connectivity index (χ2n) is 5.05. The Hall–Kier alpha value is -3.41. The monoisotopic (exact) mass is 303 g/mol. The maximum absolute atomic E-state index is 12.3. The molecular weight excluding hydrogens is 290 g/mol. The maximum atomic E-state index is 12.3. The van der Waals surface area contributed by atoms with Crippen LogP contribution >= 0.6 is 0 Å². The van der Waals surface area contributed by atoms with Crippen LogP contribution < -0.4 is 10.7 Å². The summed E-state index contributed by atoms with van der Waals surface area (Å²) >= 11 is 0. The van der Waals surface area contributed by atoms with Crippen LogP contribution in [0.25, 0.3) is 21.9 Å². The Morgan fingerprint density at radius 2 is 1.83 bits per heavy atom. The number of nitrogens with zero attached hydrogens (tertiary/aromatic N) is 3. The Morgan fingerprint density at radius 3 is 2.78 bits per heavy atom. The van der Waals surface area contributed by atoms with E-state index >= 15 is 0 Å². The number of nitrogens with one attached hydrogen (secondary N) is 2. The van der Waals surface area contributed by atoms with Crippen LogP contribution in [0.1, 0.15) is 0 Å². The molecule has 2 heterocycles. The van der Waals surface area contributed by atoms with Crippen molar-refractivity contribution in [2.45, 2.75) is 0 Å². The van der Waals surface area contributed by atoms with Gasteiger partial charge < -0.3 is 5.32 Å². The molecule has 0 saturated carbocycles. The molecule has 112 valence electrons. The topological polar surface area (TPSA) is 71.8 Å². The summed E-state index contributed by atoms with van der Waals surface area (Å²) in [6.45, 7) is 0. The second-order valence-corrected chi connectivity index (χ2v) is 5.05. The number of pyridine rings is 1. The first-order valence-electron chi connectivity index (χ1n) is 7.15. The van der Waals surface area contributed by atoms with Gasteiger partial charge in [0.05, 0.1) is 22.2 Å². The van der Waals surface area contributed by atoms with Crippen LogP contribution in [0.5, 0.6) is 0 Å². The highest BCUT2D eigenvalue weighted by Crippen LogP contribution is 2.20. The van der Waals surface area contributed by atoms with Crippen molar-refractivity contribution in [3.63, 3.8) is 0 Å². The molecule has 2 N–H and O–H groups in total. The Morgan fingerprint density at radius 1 is 0.957 bits per heavy atom. The smallest absolute Gasteiger partial charge is 0.304 e. The lowest BCUT2D eigenvalue weighted by atomic mass is 10.2. The van der Waals surface area contributed by atoms with E-state index in [4.69, 9.17) is 0 Å². The molecule has 0 radical (unpaired) electrons. The highest BCUT2D eigenvalue weighted by atomic mass is 16.2. The van der Waals surface area contributed by atoms with Crippen molar-refractivity contribution in [1.82, 2.24) is 14.6 Å². The summed E-state index contributed by atoms with van der Waals surface area (Å²) < 4.78 is 1.59. The van der Waals surface area contributed by atoms with Crippen LogP contribution in [0.15, 0.2) is 67.1 Å². The van der Waals surface area contributed by atoms with Gasteiger partial charge >= 0.3 is 6.03 Å². The third-order valence-corrected chi connectivity index (χ3v) is 3.56. The number of amides is 2. The number of imidazole rings is 1. The molecule has 0 aliphatic rings. The summed E-state index contributed by atoms with van der Waals surface area (Å²) in [7, 11) is 0. The SMILES string of the molecule is O=C(Nc1cccc2cccnc12)Nn1cnc2ccccc21. The minimum atomic E-state index is -0.355. The van der Waals surface area contributed by atoms with Gasteiger partial charge in [-0.3, -0.25) is 4.98 Å². The molecule has 0 atom stereocenters. The van der Waals surface area contributed by atoms with Crippen LogP contribution in [0.3, 0.4) is 0 Å². The standard InChI is InChI=1S/C17H13N5O/c23-17(21-22-11-19-13-7-1-2-9-15(13)22)20-14-8-3-5-12-6-4-10-18-16(12)14/h1-11H,(H2,20,21,23). The largest absolute Gasteiger partial charge is 0.338 e. The number of rotatable bonds is 2. The highest BCUT2D eigenvalue weighted by molar-refractivity contribution is 6.02. The van der Waals surface area contributed by atoms with Gasteiger partial charge in [-0.15, -0.1) is 0 Å². The zero-order valence-electron chi connectivity index (χ0n) is 12.1. The molecule has 0 fully saturated rings. The third kappa shape index (κ3) is 2.46. The molecule has 4 aromatic rings. The fourth-order valence-electron chi connectivity index (χ4n) is 2.51. The summed E-state index contributed by atoms with van der Waals surface area (Å²) in [6.07, 6.45) is 3.28. The van der Waals surface area contributed by atoms with Crippen LogP contribution in [0.4, 0.5) is 10.5 Å². The summed E-state index contributed by atoms with van der Waals surface area (Å²) in [5, 5.41) is 3.80. The van der Waals surface area contributed by atoms with E-state index in [1.807, 2.05) is 54.6 Å². The number of carbonyl (C=O) groups excluding carboxylic acids is 1. The molecule has 0 bridgehead atoms. The van der Waals surface area contributed by atoms with Crippen molar-refractivity contribution in [2.24, 2.45) is 0 Å². The van der Waals surface area contributed by atoms with E-state index in [2.05, 4.69) is 20.7 Å². The zero-order chi connectivity index (χ0) is 15.6. The normalized spacial score (nSPS) is 10.8. The molecule has 0 unspecified atom stereocenters. The van der Waals surface area contributed by atoms with Gasteiger partial charge in [0.15, 0.2) is 0 Å². The molecule has 2 aromatic heterocycles. The number of aromatic nitrogens is 3. The average Bonchev–Trinajstić information content (AvgIpc) is 2.98. The molecule has 2 amide bonds. The van der Waals surface area contributed by atoms with Gasteiger partial charge in [-0.1, -0.05) is 30.3 Å². The molecule has 0 aliphatic heterocycles. The zero-order valence-corrected chi connectivity index (χ0v) is 12.1. The van der Waals surface area contributed by atoms with Crippen molar-refractivity contribution in [3.05, 3.63) is 67.1 Å². The fourth-order valence-corrected chi connectivity index (χ4v) is 2.51. The van der Waals surface area contributed by atoms with Crippen molar-refractivity contribution in [1.29, 1.82) is 0 Å². The lowest BCUT2D eigenvalue weighted by Gasteiger charge is -2.10. The first-order chi connectivity index (χ1) is 11.3. The number of carbonyl (C=O) groups is 1. The Bertz CT molecular complexity index is 1000. The summed E-state index contributed by atoms with van der Waals surface area (Å²) in [5.74, 6) is 0. The van der Waals surface area contributed by atoms with Gasteiger partial charge in [0, 0.05) is 11.6 Å². The lowest BCUT2D eigenvalue weighted by molar-refractivity contribution is 0.260. The molecule has 0 spiro atoms. The minimum absolute atomic E-state index is 0.355. The number of hydrogen-bond donors (Lipinski definition) is 2. The molecule has 6 heteroatoms.